The van der Waals surface area contributed by atoms with Crippen LogP contribution in [0.1, 0.15) is 5.56 Å². The monoisotopic (exact) mass is 341 g/mol. The van der Waals surface area contributed by atoms with Gasteiger partial charge in [-0.1, -0.05) is 36.4 Å². The van der Waals surface area contributed by atoms with Crippen LogP contribution in [0.5, 0.6) is 0 Å². The molecule has 0 fully saturated rings. The van der Waals surface area contributed by atoms with E-state index in [1.165, 1.54) is 6.07 Å². The van der Waals surface area contributed by atoms with Crippen molar-refractivity contribution in [3.63, 3.8) is 0 Å². The summed E-state index contributed by atoms with van der Waals surface area (Å²) in [7, 11) is 0.133. The van der Waals surface area contributed by atoms with E-state index in [9.17, 15) is 12.6 Å². The van der Waals surface area contributed by atoms with Gasteiger partial charge < -0.3 is 4.90 Å². The Bertz CT molecular complexity index is 806. The molecule has 0 N–H and O–H groups in total. The third-order valence-electron chi connectivity index (χ3n) is 3.28. The number of halogens is 1. The Morgan fingerprint density at radius 1 is 1.10 bits per heavy atom. The van der Waals surface area contributed by atoms with E-state index in [4.69, 9.17) is 10.7 Å². The lowest BCUT2D eigenvalue weighted by Gasteiger charge is -2.18. The maximum atomic E-state index is 12.3. The molecular weight excluding hydrogens is 330 g/mol. The fourth-order valence-electron chi connectivity index (χ4n) is 2.38. The lowest BCUT2D eigenvalue weighted by Crippen LogP contribution is -2.20. The Morgan fingerprint density at radius 2 is 1.81 bits per heavy atom. The molecule has 3 rings (SSSR count). The Balaban J connectivity index is 2.03. The van der Waals surface area contributed by atoms with Gasteiger partial charge in [-0.25, -0.2) is 8.42 Å². The average molecular weight is 342 g/mol. The molecule has 1 aliphatic heterocycles. The number of anilines is 1. The summed E-state index contributed by atoms with van der Waals surface area (Å²) in [6.07, 6.45) is 0. The van der Waals surface area contributed by atoms with Gasteiger partial charge in [-0.2, -0.15) is 0 Å². The van der Waals surface area contributed by atoms with Gasteiger partial charge in [0.05, 0.1) is 27.3 Å². The zero-order valence-corrected chi connectivity index (χ0v) is 13.3. The predicted molar refractivity (Wildman–Crippen MR) is 83.4 cm³/mol. The Labute approximate surface area is 130 Å². The van der Waals surface area contributed by atoms with Crippen molar-refractivity contribution < 1.29 is 12.6 Å². The second-order valence-corrected chi connectivity index (χ2v) is 8.59. The van der Waals surface area contributed by atoms with Gasteiger partial charge >= 0.3 is 0 Å². The van der Waals surface area contributed by atoms with E-state index in [1.807, 2.05) is 35.2 Å². The second-order valence-electron chi connectivity index (χ2n) is 4.70. The topological polar surface area (TPSA) is 54.5 Å². The summed E-state index contributed by atoms with van der Waals surface area (Å²) in [5.41, 5.74) is 1.74. The van der Waals surface area contributed by atoms with Crippen molar-refractivity contribution in [1.29, 1.82) is 0 Å². The van der Waals surface area contributed by atoms with Crippen molar-refractivity contribution in [1.82, 2.24) is 0 Å². The molecule has 2 aromatic rings. The normalized spacial score (nSPS) is 17.8. The molecule has 4 nitrogen and oxygen atoms in total. The van der Waals surface area contributed by atoms with Crippen LogP contribution in [0.2, 0.25) is 0 Å². The molecule has 0 spiro atoms. The van der Waals surface area contributed by atoms with Crippen molar-refractivity contribution >= 4 is 36.2 Å². The van der Waals surface area contributed by atoms with E-state index in [1.54, 1.807) is 12.1 Å². The highest BCUT2D eigenvalue weighted by atomic mass is 35.7. The summed E-state index contributed by atoms with van der Waals surface area (Å²) in [5, 5.41) is 0. The van der Waals surface area contributed by atoms with Crippen molar-refractivity contribution in [3.8, 4) is 0 Å². The Morgan fingerprint density at radius 3 is 2.48 bits per heavy atom. The zero-order valence-electron chi connectivity index (χ0n) is 10.9. The minimum absolute atomic E-state index is 0.0597. The number of nitrogens with zero attached hydrogens (tertiary/aromatic N) is 1. The third-order valence-corrected chi connectivity index (χ3v) is 6.20. The van der Waals surface area contributed by atoms with E-state index in [0.717, 1.165) is 5.56 Å². The van der Waals surface area contributed by atoms with Gasteiger partial charge in [0.25, 0.3) is 9.05 Å². The summed E-state index contributed by atoms with van der Waals surface area (Å²) in [6.45, 7) is 0.575. The molecule has 1 atom stereocenters. The summed E-state index contributed by atoms with van der Waals surface area (Å²) in [6, 6.07) is 14.5. The van der Waals surface area contributed by atoms with Gasteiger partial charge in [-0.15, -0.1) is 0 Å². The molecule has 1 heterocycles. The number of fused-ring (bicyclic) bond motifs is 1. The molecule has 110 valence electrons. The molecule has 0 radical (unpaired) electrons. The first-order chi connectivity index (χ1) is 9.97. The first-order valence-electron chi connectivity index (χ1n) is 6.22. The van der Waals surface area contributed by atoms with Crippen LogP contribution >= 0.6 is 10.7 Å². The molecule has 0 saturated carbocycles. The zero-order chi connectivity index (χ0) is 15.0. The van der Waals surface area contributed by atoms with Crippen molar-refractivity contribution in [2.75, 3.05) is 10.8 Å². The lowest BCUT2D eigenvalue weighted by molar-refractivity contribution is 0.607. The number of hydrogen-bond donors (Lipinski definition) is 0. The molecule has 0 bridgehead atoms. The highest BCUT2D eigenvalue weighted by molar-refractivity contribution is 8.14. The minimum atomic E-state index is -3.90. The third kappa shape index (κ3) is 2.84. The molecule has 1 unspecified atom stereocenters. The number of rotatable bonds is 3. The summed E-state index contributed by atoms with van der Waals surface area (Å²) in [4.78, 5) is 2.16. The Hall–Kier alpha value is -1.37. The number of benzene rings is 2. The lowest BCUT2D eigenvalue weighted by atomic mass is 10.2. The van der Waals surface area contributed by atoms with Crippen LogP contribution in [0.4, 0.5) is 5.69 Å². The van der Waals surface area contributed by atoms with Gasteiger partial charge in [0, 0.05) is 17.2 Å². The van der Waals surface area contributed by atoms with Crippen LogP contribution in [0.15, 0.2) is 58.3 Å². The van der Waals surface area contributed by atoms with Crippen LogP contribution in [-0.2, 0) is 26.4 Å². The van der Waals surface area contributed by atoms with Crippen molar-refractivity contribution in [3.05, 3.63) is 54.1 Å². The second kappa shape index (κ2) is 5.44. The van der Waals surface area contributed by atoms with Gasteiger partial charge in [0.2, 0.25) is 0 Å². The molecule has 0 aromatic heterocycles. The minimum Gasteiger partial charge on any atom is -0.354 e. The summed E-state index contributed by atoms with van der Waals surface area (Å²) < 4.78 is 35.5. The largest absolute Gasteiger partial charge is 0.354 e. The molecular formula is C14H12ClNO3S2. The summed E-state index contributed by atoms with van der Waals surface area (Å²) >= 11 is 0. The molecule has 21 heavy (non-hydrogen) atoms. The highest BCUT2D eigenvalue weighted by Gasteiger charge is 2.31. The van der Waals surface area contributed by atoms with Gasteiger partial charge in [-0.3, -0.25) is 4.21 Å². The summed E-state index contributed by atoms with van der Waals surface area (Å²) in [5.74, 6) is 0.271. The van der Waals surface area contributed by atoms with E-state index in [-0.39, 0.29) is 10.8 Å². The predicted octanol–water partition coefficient (Wildman–Crippen LogP) is 2.70. The van der Waals surface area contributed by atoms with E-state index in [2.05, 4.69) is 0 Å². The van der Waals surface area contributed by atoms with Crippen molar-refractivity contribution in [2.45, 2.75) is 16.3 Å². The number of hydrogen-bond acceptors (Lipinski definition) is 4. The molecule has 1 aliphatic rings. The van der Waals surface area contributed by atoms with Crippen LogP contribution in [0.3, 0.4) is 0 Å². The first kappa shape index (κ1) is 14.6. The molecule has 0 amide bonds. The van der Waals surface area contributed by atoms with Crippen LogP contribution < -0.4 is 4.90 Å². The standard InChI is InChI=1S/C14H12ClNO3S2/c15-21(18,19)13-8-4-7-12-14(13)20(17)10-16(12)9-11-5-2-1-3-6-11/h1-8H,9-10H2. The Kier molecular flexibility index (Phi) is 3.77. The van der Waals surface area contributed by atoms with Crippen LogP contribution in [0, 0.1) is 0 Å². The van der Waals surface area contributed by atoms with E-state index < -0.39 is 19.9 Å². The van der Waals surface area contributed by atoms with Gasteiger partial charge in [0.1, 0.15) is 4.90 Å². The molecule has 0 saturated heterocycles. The first-order valence-corrected chi connectivity index (χ1v) is 9.84. The molecule has 7 heteroatoms. The van der Waals surface area contributed by atoms with Crippen molar-refractivity contribution in [2.24, 2.45) is 0 Å². The average Bonchev–Trinajstić information content (AvgIpc) is 2.76. The van der Waals surface area contributed by atoms with Crippen LogP contribution in [-0.4, -0.2) is 18.5 Å². The molecule has 2 aromatic carbocycles. The van der Waals surface area contributed by atoms with E-state index >= 15 is 0 Å². The molecule has 0 aliphatic carbocycles. The van der Waals surface area contributed by atoms with Gasteiger partial charge in [-0.05, 0) is 17.7 Å². The van der Waals surface area contributed by atoms with Gasteiger partial charge in [0.15, 0.2) is 0 Å². The maximum Gasteiger partial charge on any atom is 0.262 e. The SMILES string of the molecule is O=S1CN(Cc2ccccc2)c2cccc(S(=O)(=O)Cl)c21. The van der Waals surface area contributed by atoms with Crippen LogP contribution in [0.25, 0.3) is 0 Å². The quantitative estimate of drug-likeness (QED) is 0.805. The maximum absolute atomic E-state index is 12.3. The highest BCUT2D eigenvalue weighted by Crippen LogP contribution is 2.38. The van der Waals surface area contributed by atoms with E-state index in [0.29, 0.717) is 17.1 Å². The fraction of sp³-hybridized carbons (Fsp3) is 0.143. The fourth-order valence-corrected chi connectivity index (χ4v) is 5.45. The smallest absolute Gasteiger partial charge is 0.262 e.